The van der Waals surface area contributed by atoms with Crippen LogP contribution in [-0.4, -0.2) is 12.6 Å². The van der Waals surface area contributed by atoms with Gasteiger partial charge in [0, 0.05) is 22.7 Å². The molecule has 0 saturated carbocycles. The summed E-state index contributed by atoms with van der Waals surface area (Å²) in [5.41, 5.74) is 7.52. The van der Waals surface area contributed by atoms with Gasteiger partial charge in [0.1, 0.15) is 0 Å². The Labute approximate surface area is 105 Å². The van der Waals surface area contributed by atoms with Crippen molar-refractivity contribution in [2.75, 3.05) is 17.2 Å². The summed E-state index contributed by atoms with van der Waals surface area (Å²) >= 11 is 3.50. The Kier molecular flexibility index (Phi) is 4.63. The van der Waals surface area contributed by atoms with E-state index >= 15 is 0 Å². The van der Waals surface area contributed by atoms with Crippen molar-refractivity contribution in [3.05, 3.63) is 22.7 Å². The lowest BCUT2D eigenvalue weighted by Gasteiger charge is -2.29. The third-order valence-electron chi connectivity index (χ3n) is 2.37. The number of hydrogen-bond acceptors (Lipinski definition) is 3. The van der Waals surface area contributed by atoms with Crippen molar-refractivity contribution in [3.8, 4) is 6.07 Å². The van der Waals surface area contributed by atoms with Crippen LogP contribution in [0.1, 0.15) is 20.3 Å². The van der Waals surface area contributed by atoms with Gasteiger partial charge >= 0.3 is 0 Å². The number of anilines is 2. The van der Waals surface area contributed by atoms with E-state index in [4.69, 9.17) is 11.0 Å². The molecule has 1 aromatic carbocycles. The van der Waals surface area contributed by atoms with E-state index in [1.807, 2.05) is 18.2 Å². The summed E-state index contributed by atoms with van der Waals surface area (Å²) in [5.74, 6) is 0. The Morgan fingerprint density at radius 3 is 2.69 bits per heavy atom. The Bertz CT molecular complexity index is 396. The summed E-state index contributed by atoms with van der Waals surface area (Å²) < 4.78 is 0.971. The smallest absolute Gasteiger partial charge is 0.0640 e. The first-order valence-corrected chi connectivity index (χ1v) is 6.04. The molecule has 0 fully saturated rings. The fourth-order valence-electron chi connectivity index (χ4n) is 1.58. The van der Waals surface area contributed by atoms with Crippen LogP contribution >= 0.6 is 15.9 Å². The number of nitriles is 1. The van der Waals surface area contributed by atoms with Gasteiger partial charge in [-0.1, -0.05) is 0 Å². The van der Waals surface area contributed by atoms with Crippen molar-refractivity contribution in [2.45, 2.75) is 26.3 Å². The zero-order valence-corrected chi connectivity index (χ0v) is 11.2. The Morgan fingerprint density at radius 1 is 1.50 bits per heavy atom. The normalized spacial score (nSPS) is 10.2. The van der Waals surface area contributed by atoms with E-state index in [2.05, 4.69) is 40.7 Å². The maximum absolute atomic E-state index is 8.65. The van der Waals surface area contributed by atoms with Gasteiger partial charge in [-0.15, -0.1) is 0 Å². The number of rotatable bonds is 4. The van der Waals surface area contributed by atoms with E-state index in [0.29, 0.717) is 12.5 Å². The molecule has 0 atom stereocenters. The number of nitrogens with zero attached hydrogens (tertiary/aromatic N) is 2. The quantitative estimate of drug-likeness (QED) is 0.863. The molecule has 0 aliphatic carbocycles. The first-order valence-electron chi connectivity index (χ1n) is 5.25. The summed E-state index contributed by atoms with van der Waals surface area (Å²) in [7, 11) is 0. The second-order valence-corrected chi connectivity index (χ2v) is 4.76. The average molecular weight is 282 g/mol. The second kappa shape index (κ2) is 5.76. The van der Waals surface area contributed by atoms with Crippen LogP contribution in [0.4, 0.5) is 11.4 Å². The fraction of sp³-hybridized carbons (Fsp3) is 0.417. The highest BCUT2D eigenvalue weighted by Gasteiger charge is 2.13. The summed E-state index contributed by atoms with van der Waals surface area (Å²) in [4.78, 5) is 2.19. The number of benzene rings is 1. The molecule has 0 aromatic heterocycles. The van der Waals surface area contributed by atoms with Crippen LogP contribution in [0, 0.1) is 11.3 Å². The topological polar surface area (TPSA) is 53.0 Å². The molecule has 0 bridgehead atoms. The third-order valence-corrected chi connectivity index (χ3v) is 3.00. The molecule has 0 radical (unpaired) electrons. The minimum Gasteiger partial charge on any atom is -0.399 e. The lowest BCUT2D eigenvalue weighted by molar-refractivity contribution is 0.685. The highest BCUT2D eigenvalue weighted by molar-refractivity contribution is 9.10. The lowest BCUT2D eigenvalue weighted by Crippen LogP contribution is -2.31. The van der Waals surface area contributed by atoms with Crippen LogP contribution < -0.4 is 10.6 Å². The zero-order chi connectivity index (χ0) is 12.1. The van der Waals surface area contributed by atoms with Gasteiger partial charge in [-0.25, -0.2) is 0 Å². The van der Waals surface area contributed by atoms with Crippen molar-refractivity contribution in [2.24, 2.45) is 0 Å². The minimum atomic E-state index is 0.355. The van der Waals surface area contributed by atoms with E-state index in [0.717, 1.165) is 22.4 Å². The van der Waals surface area contributed by atoms with Crippen molar-refractivity contribution < 1.29 is 0 Å². The molecule has 0 aliphatic heterocycles. The molecule has 2 N–H and O–H groups in total. The van der Waals surface area contributed by atoms with Crippen LogP contribution in [0.15, 0.2) is 22.7 Å². The summed E-state index contributed by atoms with van der Waals surface area (Å²) in [6, 6.07) is 8.27. The van der Waals surface area contributed by atoms with E-state index in [1.165, 1.54) is 0 Å². The lowest BCUT2D eigenvalue weighted by atomic mass is 10.2. The number of halogens is 1. The predicted molar refractivity (Wildman–Crippen MR) is 71.3 cm³/mol. The van der Waals surface area contributed by atoms with Gasteiger partial charge in [0.05, 0.1) is 18.2 Å². The minimum absolute atomic E-state index is 0.355. The molecule has 1 aromatic rings. The molecule has 0 amide bonds. The molecule has 0 aliphatic rings. The molecule has 4 heteroatoms. The number of nitrogens with two attached hydrogens (primary N) is 1. The van der Waals surface area contributed by atoms with Crippen LogP contribution in [0.5, 0.6) is 0 Å². The molecule has 0 saturated heterocycles. The van der Waals surface area contributed by atoms with Gasteiger partial charge in [-0.2, -0.15) is 5.26 Å². The number of nitrogen functional groups attached to an aromatic ring is 1. The van der Waals surface area contributed by atoms with Crippen LogP contribution in [0.25, 0.3) is 0 Å². The van der Waals surface area contributed by atoms with E-state index in [9.17, 15) is 0 Å². The highest BCUT2D eigenvalue weighted by atomic mass is 79.9. The van der Waals surface area contributed by atoms with Gasteiger partial charge in [-0.05, 0) is 48.0 Å². The average Bonchev–Trinajstić information content (AvgIpc) is 2.20. The molecule has 3 nitrogen and oxygen atoms in total. The van der Waals surface area contributed by atoms with E-state index < -0.39 is 0 Å². The Hall–Kier alpha value is -1.21. The van der Waals surface area contributed by atoms with Gasteiger partial charge in [-0.3, -0.25) is 0 Å². The van der Waals surface area contributed by atoms with Crippen molar-refractivity contribution in [1.29, 1.82) is 5.26 Å². The SMILES string of the molecule is CC(C)N(CCC#N)c1ccc(N)cc1Br. The maximum Gasteiger partial charge on any atom is 0.0640 e. The molecule has 0 spiro atoms. The molecule has 1 rings (SSSR count). The van der Waals surface area contributed by atoms with Crippen molar-refractivity contribution in [3.63, 3.8) is 0 Å². The van der Waals surface area contributed by atoms with Crippen LogP contribution in [0.2, 0.25) is 0 Å². The summed E-state index contributed by atoms with van der Waals surface area (Å²) in [6.07, 6.45) is 0.523. The monoisotopic (exact) mass is 281 g/mol. The highest BCUT2D eigenvalue weighted by Crippen LogP contribution is 2.29. The molecule has 0 heterocycles. The van der Waals surface area contributed by atoms with Crippen LogP contribution in [-0.2, 0) is 0 Å². The van der Waals surface area contributed by atoms with E-state index in [-0.39, 0.29) is 0 Å². The van der Waals surface area contributed by atoms with Gasteiger partial charge in [0.25, 0.3) is 0 Å². The molecular formula is C12H16BrN3. The maximum atomic E-state index is 8.65. The Balaban J connectivity index is 2.97. The summed E-state index contributed by atoms with van der Waals surface area (Å²) in [5, 5.41) is 8.65. The number of hydrogen-bond donors (Lipinski definition) is 1. The Morgan fingerprint density at radius 2 is 2.19 bits per heavy atom. The zero-order valence-electron chi connectivity index (χ0n) is 9.57. The van der Waals surface area contributed by atoms with Gasteiger partial charge < -0.3 is 10.6 Å². The van der Waals surface area contributed by atoms with E-state index in [1.54, 1.807) is 0 Å². The van der Waals surface area contributed by atoms with Crippen LogP contribution in [0.3, 0.4) is 0 Å². The van der Waals surface area contributed by atoms with Crippen molar-refractivity contribution in [1.82, 2.24) is 0 Å². The fourth-order valence-corrected chi connectivity index (χ4v) is 2.21. The van der Waals surface area contributed by atoms with Gasteiger partial charge in [0.2, 0.25) is 0 Å². The molecular weight excluding hydrogens is 266 g/mol. The standard InChI is InChI=1S/C12H16BrN3/c1-9(2)16(7-3-6-14)12-5-4-10(15)8-11(12)13/h4-5,8-9H,3,7,15H2,1-2H3. The molecule has 0 unspecified atom stereocenters. The first-order chi connectivity index (χ1) is 7.56. The second-order valence-electron chi connectivity index (χ2n) is 3.91. The predicted octanol–water partition coefficient (Wildman–Crippen LogP) is 3.16. The first kappa shape index (κ1) is 12.9. The van der Waals surface area contributed by atoms with Gasteiger partial charge in [0.15, 0.2) is 0 Å². The molecule has 16 heavy (non-hydrogen) atoms. The third kappa shape index (κ3) is 3.14. The summed E-state index contributed by atoms with van der Waals surface area (Å²) in [6.45, 7) is 4.96. The largest absolute Gasteiger partial charge is 0.399 e. The molecule has 86 valence electrons. The van der Waals surface area contributed by atoms with Crippen molar-refractivity contribution >= 4 is 27.3 Å².